The molecule has 0 saturated heterocycles. The Morgan fingerprint density at radius 3 is 2.65 bits per heavy atom. The molecule has 26 heavy (non-hydrogen) atoms. The van der Waals surface area contributed by atoms with Crippen molar-refractivity contribution in [1.29, 1.82) is 0 Å². The summed E-state index contributed by atoms with van der Waals surface area (Å²) in [6.07, 6.45) is 10.5. The summed E-state index contributed by atoms with van der Waals surface area (Å²) in [4.78, 5) is 20.8. The van der Waals surface area contributed by atoms with Crippen molar-refractivity contribution in [2.75, 3.05) is 0 Å². The number of benzene rings is 1. The molecule has 2 heterocycles. The van der Waals surface area contributed by atoms with Crippen LogP contribution in [0.25, 0.3) is 11.0 Å². The molecule has 5 heteroatoms. The van der Waals surface area contributed by atoms with E-state index < -0.39 is 0 Å². The third-order valence-electron chi connectivity index (χ3n) is 5.62. The summed E-state index contributed by atoms with van der Waals surface area (Å²) in [6, 6.07) is 11.9. The van der Waals surface area contributed by atoms with Gasteiger partial charge in [0.2, 0.25) is 5.91 Å². The van der Waals surface area contributed by atoms with Crippen molar-refractivity contribution in [1.82, 2.24) is 19.9 Å². The molecule has 1 atom stereocenters. The lowest BCUT2D eigenvalue weighted by Crippen LogP contribution is -2.41. The van der Waals surface area contributed by atoms with Crippen molar-refractivity contribution < 1.29 is 4.79 Å². The average molecular weight is 350 g/mol. The van der Waals surface area contributed by atoms with E-state index in [1.54, 1.807) is 0 Å². The highest BCUT2D eigenvalue weighted by Crippen LogP contribution is 2.38. The minimum Gasteiger partial charge on any atom is -0.348 e. The van der Waals surface area contributed by atoms with Gasteiger partial charge in [0.25, 0.3) is 0 Å². The van der Waals surface area contributed by atoms with Gasteiger partial charge in [-0.3, -0.25) is 4.79 Å². The number of nitrogens with zero attached hydrogens (tertiary/aromatic N) is 2. The maximum absolute atomic E-state index is 12.8. The topological polar surface area (TPSA) is 62.7 Å². The second kappa shape index (κ2) is 6.98. The Morgan fingerprint density at radius 2 is 1.92 bits per heavy atom. The van der Waals surface area contributed by atoms with Gasteiger partial charge in [-0.2, -0.15) is 0 Å². The molecule has 1 aromatic carbocycles. The van der Waals surface area contributed by atoms with Gasteiger partial charge in [-0.05, 0) is 44.0 Å². The van der Waals surface area contributed by atoms with Crippen LogP contribution in [0.5, 0.6) is 0 Å². The van der Waals surface area contributed by atoms with Gasteiger partial charge in [0.1, 0.15) is 5.82 Å². The van der Waals surface area contributed by atoms with E-state index in [2.05, 4.69) is 32.2 Å². The normalized spacial score (nSPS) is 17.9. The molecule has 2 N–H and O–H groups in total. The number of aromatic amines is 1. The number of carbonyl (C=O) groups is 1. The molecule has 0 aliphatic heterocycles. The lowest BCUT2D eigenvalue weighted by Gasteiger charge is -2.38. The molecule has 1 aliphatic rings. The number of fused-ring (bicyclic) bond motifs is 1. The van der Waals surface area contributed by atoms with E-state index in [-0.39, 0.29) is 17.5 Å². The highest BCUT2D eigenvalue weighted by Gasteiger charge is 2.35. The van der Waals surface area contributed by atoms with Gasteiger partial charge in [-0.1, -0.05) is 31.4 Å². The number of aromatic nitrogens is 3. The quantitative estimate of drug-likeness (QED) is 0.721. The molecular formula is C21H26N4O. The van der Waals surface area contributed by atoms with E-state index in [0.29, 0.717) is 6.42 Å². The fraction of sp³-hybridized carbons (Fsp3) is 0.429. The van der Waals surface area contributed by atoms with Crippen molar-refractivity contribution >= 4 is 16.9 Å². The highest BCUT2D eigenvalue weighted by atomic mass is 16.1. The van der Waals surface area contributed by atoms with Gasteiger partial charge in [-0.25, -0.2) is 4.98 Å². The average Bonchev–Trinajstić information content (AvgIpc) is 3.32. The fourth-order valence-corrected chi connectivity index (χ4v) is 4.22. The van der Waals surface area contributed by atoms with E-state index in [9.17, 15) is 4.79 Å². The largest absolute Gasteiger partial charge is 0.348 e. The maximum Gasteiger partial charge on any atom is 0.222 e. The minimum absolute atomic E-state index is 0.0839. The Bertz CT molecular complexity index is 841. The first-order valence-electron chi connectivity index (χ1n) is 9.54. The van der Waals surface area contributed by atoms with Gasteiger partial charge >= 0.3 is 0 Å². The molecule has 0 radical (unpaired) electrons. The van der Waals surface area contributed by atoms with E-state index in [1.807, 2.05) is 43.3 Å². The molecule has 0 spiro atoms. The van der Waals surface area contributed by atoms with Crippen LogP contribution in [-0.4, -0.2) is 20.4 Å². The molecular weight excluding hydrogens is 324 g/mol. The van der Waals surface area contributed by atoms with Crippen molar-refractivity contribution in [3.63, 3.8) is 0 Å². The van der Waals surface area contributed by atoms with Crippen LogP contribution < -0.4 is 5.32 Å². The second-order valence-electron chi connectivity index (χ2n) is 7.48. The summed E-state index contributed by atoms with van der Waals surface area (Å²) >= 11 is 0. The van der Waals surface area contributed by atoms with Gasteiger partial charge in [0, 0.05) is 12.4 Å². The number of para-hydroxylation sites is 2. The molecule has 0 bridgehead atoms. The molecule has 5 nitrogen and oxygen atoms in total. The summed E-state index contributed by atoms with van der Waals surface area (Å²) < 4.78 is 2.25. The smallest absolute Gasteiger partial charge is 0.222 e. The third-order valence-corrected chi connectivity index (χ3v) is 5.62. The van der Waals surface area contributed by atoms with Crippen molar-refractivity contribution in [3.8, 4) is 0 Å². The van der Waals surface area contributed by atoms with Crippen molar-refractivity contribution in [2.24, 2.45) is 0 Å². The number of hydrogen-bond acceptors (Lipinski definition) is 2. The van der Waals surface area contributed by atoms with Gasteiger partial charge in [-0.15, -0.1) is 0 Å². The Hall–Kier alpha value is -2.56. The summed E-state index contributed by atoms with van der Waals surface area (Å²) in [5.74, 6) is 0.895. The standard InChI is InChI=1S/C21H26N4O/c1-16(20-23-17-9-3-4-10-18(17)24-20)22-19(26)15-21(11-5-2-6-12-21)25-13-7-8-14-25/h3-4,7-10,13-14,16H,2,5-6,11-12,15H2,1H3,(H,22,26)(H,23,24)/t16-/m0/s1. The van der Waals surface area contributed by atoms with Crippen LogP contribution in [0.2, 0.25) is 0 Å². The fourth-order valence-electron chi connectivity index (χ4n) is 4.22. The Labute approximate surface area is 153 Å². The number of H-pyrrole nitrogens is 1. The predicted molar refractivity (Wildman–Crippen MR) is 103 cm³/mol. The summed E-state index contributed by atoms with van der Waals surface area (Å²) in [5.41, 5.74) is 1.85. The van der Waals surface area contributed by atoms with Crippen LogP contribution in [-0.2, 0) is 10.3 Å². The molecule has 3 aromatic rings. The molecule has 1 saturated carbocycles. The summed E-state index contributed by atoms with van der Waals surface area (Å²) in [5, 5.41) is 3.15. The van der Waals surface area contributed by atoms with Crippen LogP contribution in [0, 0.1) is 0 Å². The van der Waals surface area contributed by atoms with E-state index in [4.69, 9.17) is 0 Å². The van der Waals surface area contributed by atoms with Gasteiger partial charge < -0.3 is 14.9 Å². The molecule has 1 amide bonds. The maximum atomic E-state index is 12.8. The van der Waals surface area contributed by atoms with Crippen LogP contribution in [0.1, 0.15) is 57.3 Å². The first kappa shape index (κ1) is 16.9. The number of amides is 1. The third kappa shape index (κ3) is 3.26. The van der Waals surface area contributed by atoms with Crippen LogP contribution >= 0.6 is 0 Å². The lowest BCUT2D eigenvalue weighted by atomic mass is 9.78. The number of nitrogens with one attached hydrogen (secondary N) is 2. The number of imidazole rings is 1. The number of carbonyl (C=O) groups excluding carboxylic acids is 1. The zero-order chi connectivity index (χ0) is 18.0. The van der Waals surface area contributed by atoms with Crippen molar-refractivity contribution in [3.05, 3.63) is 54.6 Å². The monoisotopic (exact) mass is 350 g/mol. The van der Waals surface area contributed by atoms with Gasteiger partial charge in [0.15, 0.2) is 0 Å². The molecule has 1 fully saturated rings. The zero-order valence-corrected chi connectivity index (χ0v) is 15.2. The predicted octanol–water partition coefficient (Wildman–Crippen LogP) is 4.29. The Morgan fingerprint density at radius 1 is 1.19 bits per heavy atom. The summed E-state index contributed by atoms with van der Waals surface area (Å²) in [6.45, 7) is 1.98. The van der Waals surface area contributed by atoms with Crippen LogP contribution in [0.15, 0.2) is 48.8 Å². The molecule has 2 aromatic heterocycles. The zero-order valence-electron chi connectivity index (χ0n) is 15.2. The second-order valence-corrected chi connectivity index (χ2v) is 7.48. The molecule has 1 aliphatic carbocycles. The number of hydrogen-bond donors (Lipinski definition) is 2. The highest BCUT2D eigenvalue weighted by molar-refractivity contribution is 5.78. The van der Waals surface area contributed by atoms with E-state index in [1.165, 1.54) is 19.3 Å². The minimum atomic E-state index is -0.139. The van der Waals surface area contributed by atoms with Gasteiger partial charge in [0.05, 0.1) is 29.0 Å². The molecule has 0 unspecified atom stereocenters. The van der Waals surface area contributed by atoms with E-state index in [0.717, 1.165) is 29.7 Å². The first-order chi connectivity index (χ1) is 12.7. The number of rotatable bonds is 5. The van der Waals surface area contributed by atoms with Crippen LogP contribution in [0.4, 0.5) is 0 Å². The SMILES string of the molecule is C[C@H](NC(=O)CC1(n2cccc2)CCCCC1)c1nc2ccccc2[nH]1. The molecule has 4 rings (SSSR count). The van der Waals surface area contributed by atoms with E-state index >= 15 is 0 Å². The van der Waals surface area contributed by atoms with Crippen molar-refractivity contribution in [2.45, 2.75) is 57.0 Å². The summed E-state index contributed by atoms with van der Waals surface area (Å²) in [7, 11) is 0. The lowest BCUT2D eigenvalue weighted by molar-refractivity contribution is -0.124. The Balaban J connectivity index is 1.48. The molecule has 136 valence electrons. The Kier molecular flexibility index (Phi) is 4.53. The van der Waals surface area contributed by atoms with Crippen LogP contribution in [0.3, 0.4) is 0 Å². The first-order valence-corrected chi connectivity index (χ1v) is 9.54.